The molecule has 6 nitrogen and oxygen atoms in total. The number of nitrogens with two attached hydrogens (primary N) is 1. The van der Waals surface area contributed by atoms with Crippen LogP contribution in [-0.4, -0.2) is 27.5 Å². The molecule has 2 aromatic carbocycles. The van der Waals surface area contributed by atoms with Crippen LogP contribution in [0.2, 0.25) is 0 Å². The van der Waals surface area contributed by atoms with Gasteiger partial charge in [-0.25, -0.2) is 4.90 Å². The Bertz CT molecular complexity index is 1470. The Balaban J connectivity index is 1.47. The van der Waals surface area contributed by atoms with Crippen molar-refractivity contribution in [3.63, 3.8) is 0 Å². The number of hydrogen-bond acceptors (Lipinski definition) is 3. The maximum atomic E-state index is 13.8. The first-order chi connectivity index (χ1) is 16.1. The SMILES string of the molecule is Cn1cc(C2=CC(=O)N(c3c4n(c5ccccc35)CC(CCN)CC4)C2=O)c2ccccc21. The van der Waals surface area contributed by atoms with E-state index in [-0.39, 0.29) is 11.8 Å². The molecule has 0 saturated heterocycles. The zero-order chi connectivity index (χ0) is 22.7. The number of imide groups is 1. The Labute approximate surface area is 191 Å². The van der Waals surface area contributed by atoms with Gasteiger partial charge >= 0.3 is 0 Å². The first-order valence-corrected chi connectivity index (χ1v) is 11.5. The quantitative estimate of drug-likeness (QED) is 0.490. The predicted octanol–water partition coefficient (Wildman–Crippen LogP) is 4.00. The van der Waals surface area contributed by atoms with E-state index < -0.39 is 0 Å². The van der Waals surface area contributed by atoms with E-state index in [4.69, 9.17) is 5.73 Å². The van der Waals surface area contributed by atoms with E-state index in [9.17, 15) is 9.59 Å². The lowest BCUT2D eigenvalue weighted by atomic mass is 9.94. The van der Waals surface area contributed by atoms with Gasteiger partial charge in [0, 0.05) is 53.4 Å². The molecule has 33 heavy (non-hydrogen) atoms. The van der Waals surface area contributed by atoms with Crippen LogP contribution in [0.3, 0.4) is 0 Å². The number of rotatable bonds is 4. The Morgan fingerprint density at radius 3 is 2.52 bits per heavy atom. The van der Waals surface area contributed by atoms with Crippen LogP contribution in [0.4, 0.5) is 5.69 Å². The van der Waals surface area contributed by atoms with E-state index in [1.807, 2.05) is 60.3 Å². The predicted molar refractivity (Wildman–Crippen MR) is 131 cm³/mol. The molecule has 1 atom stereocenters. The van der Waals surface area contributed by atoms with Gasteiger partial charge in [-0.15, -0.1) is 0 Å². The Morgan fingerprint density at radius 1 is 1.00 bits per heavy atom. The number of nitrogens with zero attached hydrogens (tertiary/aromatic N) is 3. The highest BCUT2D eigenvalue weighted by atomic mass is 16.2. The second-order valence-electron chi connectivity index (χ2n) is 9.11. The van der Waals surface area contributed by atoms with Gasteiger partial charge in [0.2, 0.25) is 0 Å². The van der Waals surface area contributed by atoms with Gasteiger partial charge in [-0.2, -0.15) is 0 Å². The van der Waals surface area contributed by atoms with Gasteiger partial charge in [0.25, 0.3) is 11.8 Å². The zero-order valence-electron chi connectivity index (χ0n) is 18.6. The molecular formula is C27H26N4O2. The van der Waals surface area contributed by atoms with E-state index >= 15 is 0 Å². The molecule has 6 heteroatoms. The molecule has 2 aromatic heterocycles. The number of para-hydroxylation sites is 2. The minimum Gasteiger partial charge on any atom is -0.350 e. The molecule has 2 N–H and O–H groups in total. The fourth-order valence-corrected chi connectivity index (χ4v) is 5.64. The maximum Gasteiger partial charge on any atom is 0.266 e. The van der Waals surface area contributed by atoms with Crippen molar-refractivity contribution in [3.05, 3.63) is 72.1 Å². The molecule has 2 amide bonds. The van der Waals surface area contributed by atoms with E-state index in [1.54, 1.807) is 0 Å². The fourth-order valence-electron chi connectivity index (χ4n) is 5.64. The van der Waals surface area contributed by atoms with Crippen molar-refractivity contribution in [3.8, 4) is 0 Å². The van der Waals surface area contributed by atoms with Gasteiger partial charge in [0.05, 0.1) is 16.8 Å². The van der Waals surface area contributed by atoms with Crippen molar-refractivity contribution >= 4 is 44.9 Å². The molecule has 2 aliphatic heterocycles. The second-order valence-corrected chi connectivity index (χ2v) is 9.11. The number of fused-ring (bicyclic) bond motifs is 4. The van der Waals surface area contributed by atoms with E-state index in [0.717, 1.165) is 64.6 Å². The fraction of sp³-hybridized carbons (Fsp3) is 0.259. The summed E-state index contributed by atoms with van der Waals surface area (Å²) in [6.07, 6.45) is 6.27. The molecule has 0 saturated carbocycles. The molecule has 4 heterocycles. The number of amides is 2. The van der Waals surface area contributed by atoms with Gasteiger partial charge in [0.15, 0.2) is 0 Å². The Kier molecular flexibility index (Phi) is 4.52. The van der Waals surface area contributed by atoms with Crippen LogP contribution in [0, 0.1) is 5.92 Å². The third-order valence-corrected chi connectivity index (χ3v) is 7.19. The summed E-state index contributed by atoms with van der Waals surface area (Å²) in [5, 5.41) is 1.93. The summed E-state index contributed by atoms with van der Waals surface area (Å²) >= 11 is 0. The standard InChI is InChI=1S/C27H26N4O2/c1-29-16-21(18-6-2-4-8-22(18)29)20-14-25(32)31(27(20)33)26-19-7-3-5-9-23(19)30-15-17(12-13-28)10-11-24(26)30/h2-9,14,16-17H,10-13,15,28H2,1H3. The van der Waals surface area contributed by atoms with Crippen molar-refractivity contribution in [2.24, 2.45) is 18.7 Å². The molecule has 166 valence electrons. The first kappa shape index (κ1) is 20.0. The zero-order valence-corrected chi connectivity index (χ0v) is 18.6. The van der Waals surface area contributed by atoms with Crippen LogP contribution in [0.25, 0.3) is 27.4 Å². The van der Waals surface area contributed by atoms with Crippen molar-refractivity contribution in [2.45, 2.75) is 25.8 Å². The van der Waals surface area contributed by atoms with Crippen LogP contribution in [0.15, 0.2) is 60.8 Å². The van der Waals surface area contributed by atoms with Crippen LogP contribution >= 0.6 is 0 Å². The number of anilines is 1. The monoisotopic (exact) mass is 438 g/mol. The lowest BCUT2D eigenvalue weighted by molar-refractivity contribution is -0.119. The average Bonchev–Trinajstić information content (AvgIpc) is 3.43. The topological polar surface area (TPSA) is 73.3 Å². The Hall–Kier alpha value is -3.64. The highest BCUT2D eigenvalue weighted by molar-refractivity contribution is 6.45. The molecule has 0 fully saturated rings. The summed E-state index contributed by atoms with van der Waals surface area (Å²) in [5.41, 5.74) is 11.0. The first-order valence-electron chi connectivity index (χ1n) is 11.5. The lowest BCUT2D eigenvalue weighted by Gasteiger charge is -2.26. The highest BCUT2D eigenvalue weighted by Crippen LogP contribution is 2.42. The molecule has 4 aromatic rings. The molecule has 0 aliphatic carbocycles. The van der Waals surface area contributed by atoms with Gasteiger partial charge < -0.3 is 14.9 Å². The minimum absolute atomic E-state index is 0.250. The smallest absolute Gasteiger partial charge is 0.266 e. The molecule has 1 unspecified atom stereocenters. The van der Waals surface area contributed by atoms with Crippen molar-refractivity contribution in [1.29, 1.82) is 0 Å². The molecule has 2 aliphatic rings. The van der Waals surface area contributed by atoms with Crippen molar-refractivity contribution in [2.75, 3.05) is 11.4 Å². The van der Waals surface area contributed by atoms with E-state index in [1.165, 1.54) is 11.0 Å². The normalized spacial score (nSPS) is 18.4. The van der Waals surface area contributed by atoms with Crippen molar-refractivity contribution < 1.29 is 9.59 Å². The van der Waals surface area contributed by atoms with E-state index in [0.29, 0.717) is 18.0 Å². The van der Waals surface area contributed by atoms with Crippen molar-refractivity contribution in [1.82, 2.24) is 9.13 Å². The number of benzene rings is 2. The lowest BCUT2D eigenvalue weighted by Crippen LogP contribution is -2.32. The number of carbonyl (C=O) groups excluding carboxylic acids is 2. The third kappa shape index (κ3) is 2.91. The summed E-state index contributed by atoms with van der Waals surface area (Å²) < 4.78 is 4.30. The van der Waals surface area contributed by atoms with Gasteiger partial charge in [-0.3, -0.25) is 9.59 Å². The summed E-state index contributed by atoms with van der Waals surface area (Å²) in [6, 6.07) is 16.0. The molecular weight excluding hydrogens is 412 g/mol. The summed E-state index contributed by atoms with van der Waals surface area (Å²) in [6.45, 7) is 1.54. The Morgan fingerprint density at radius 2 is 1.73 bits per heavy atom. The van der Waals surface area contributed by atoms with Crippen LogP contribution in [0.5, 0.6) is 0 Å². The maximum absolute atomic E-state index is 13.8. The van der Waals surface area contributed by atoms with Gasteiger partial charge in [-0.05, 0) is 43.9 Å². The molecule has 0 radical (unpaired) electrons. The number of aryl methyl sites for hydroxylation is 1. The van der Waals surface area contributed by atoms with Crippen LogP contribution in [0.1, 0.15) is 24.1 Å². The summed E-state index contributed by atoms with van der Waals surface area (Å²) in [5.74, 6) is -0.00809. The highest BCUT2D eigenvalue weighted by Gasteiger charge is 2.38. The molecule has 0 spiro atoms. The summed E-state index contributed by atoms with van der Waals surface area (Å²) in [7, 11) is 1.96. The number of hydrogen-bond donors (Lipinski definition) is 1. The largest absolute Gasteiger partial charge is 0.350 e. The van der Waals surface area contributed by atoms with E-state index in [2.05, 4.69) is 10.6 Å². The molecule has 0 bridgehead atoms. The number of carbonyl (C=O) groups is 2. The number of aromatic nitrogens is 2. The van der Waals surface area contributed by atoms with Crippen LogP contribution in [-0.2, 0) is 29.6 Å². The molecule has 6 rings (SSSR count). The average molecular weight is 439 g/mol. The van der Waals surface area contributed by atoms with Gasteiger partial charge in [-0.1, -0.05) is 36.4 Å². The summed E-state index contributed by atoms with van der Waals surface area (Å²) in [4.78, 5) is 28.5. The third-order valence-electron chi connectivity index (χ3n) is 7.19. The van der Waals surface area contributed by atoms with Crippen LogP contribution < -0.4 is 10.6 Å². The second kappa shape index (κ2) is 7.46. The minimum atomic E-state index is -0.272. The van der Waals surface area contributed by atoms with Gasteiger partial charge in [0.1, 0.15) is 0 Å².